The van der Waals surface area contributed by atoms with Crippen molar-refractivity contribution in [2.24, 2.45) is 5.92 Å². The molecule has 1 aliphatic heterocycles. The van der Waals surface area contributed by atoms with Crippen LogP contribution < -0.4 is 4.90 Å². The van der Waals surface area contributed by atoms with Crippen LogP contribution in [0.3, 0.4) is 0 Å². The Morgan fingerprint density at radius 1 is 1.57 bits per heavy atom. The van der Waals surface area contributed by atoms with Crippen molar-refractivity contribution >= 4 is 17.3 Å². The maximum atomic E-state index is 13.8. The van der Waals surface area contributed by atoms with Crippen molar-refractivity contribution in [2.45, 2.75) is 19.4 Å². The molecule has 1 fully saturated rings. The van der Waals surface area contributed by atoms with E-state index in [2.05, 4.69) is 0 Å². The van der Waals surface area contributed by atoms with Gasteiger partial charge < -0.3 is 15.1 Å². The van der Waals surface area contributed by atoms with Crippen molar-refractivity contribution in [3.8, 4) is 0 Å². The van der Waals surface area contributed by atoms with Crippen molar-refractivity contribution in [2.75, 3.05) is 18.1 Å². The SMILES string of the molecule is CC1CCN(c2cc(F)c(C(=O)O)cc2[N+](=O)[O-])C1CO. The molecular formula is C13H15FN2O5. The lowest BCUT2D eigenvalue weighted by atomic mass is 10.0. The molecule has 0 bridgehead atoms. The quantitative estimate of drug-likeness (QED) is 0.647. The van der Waals surface area contributed by atoms with E-state index < -0.39 is 28.0 Å². The maximum Gasteiger partial charge on any atom is 0.338 e. The summed E-state index contributed by atoms with van der Waals surface area (Å²) in [6.45, 7) is 2.13. The summed E-state index contributed by atoms with van der Waals surface area (Å²) >= 11 is 0. The number of aliphatic hydroxyl groups is 1. The molecule has 0 amide bonds. The zero-order valence-corrected chi connectivity index (χ0v) is 11.3. The first-order valence-electron chi connectivity index (χ1n) is 6.45. The predicted octanol–water partition coefficient (Wildman–Crippen LogP) is 1.64. The lowest BCUT2D eigenvalue weighted by Crippen LogP contribution is -2.35. The summed E-state index contributed by atoms with van der Waals surface area (Å²) in [6.07, 6.45) is 0.713. The number of benzene rings is 1. The van der Waals surface area contributed by atoms with Gasteiger partial charge in [0.15, 0.2) is 0 Å². The minimum atomic E-state index is -1.56. The van der Waals surface area contributed by atoms with Gasteiger partial charge in [-0.25, -0.2) is 9.18 Å². The summed E-state index contributed by atoms with van der Waals surface area (Å²) in [7, 11) is 0. The number of nitro groups is 1. The number of nitrogens with zero attached hydrogens (tertiary/aromatic N) is 2. The number of anilines is 1. The summed E-state index contributed by atoms with van der Waals surface area (Å²) in [5.74, 6) is -2.48. The van der Waals surface area contributed by atoms with Crippen molar-refractivity contribution in [3.63, 3.8) is 0 Å². The molecule has 1 aromatic rings. The maximum absolute atomic E-state index is 13.8. The van der Waals surface area contributed by atoms with Crippen LogP contribution in [0.25, 0.3) is 0 Å². The Morgan fingerprint density at radius 2 is 2.24 bits per heavy atom. The molecule has 1 aliphatic rings. The van der Waals surface area contributed by atoms with Crippen molar-refractivity contribution in [1.82, 2.24) is 0 Å². The number of carboxylic acids is 1. The van der Waals surface area contributed by atoms with Crippen LogP contribution in [0.15, 0.2) is 12.1 Å². The van der Waals surface area contributed by atoms with Crippen LogP contribution in [0.1, 0.15) is 23.7 Å². The first-order valence-corrected chi connectivity index (χ1v) is 6.45. The Hall–Kier alpha value is -2.22. The third-order valence-corrected chi connectivity index (χ3v) is 3.87. The number of rotatable bonds is 4. The fourth-order valence-electron chi connectivity index (χ4n) is 2.68. The van der Waals surface area contributed by atoms with Gasteiger partial charge >= 0.3 is 5.97 Å². The Labute approximate surface area is 119 Å². The smallest absolute Gasteiger partial charge is 0.338 e. The Kier molecular flexibility index (Phi) is 4.08. The highest BCUT2D eigenvalue weighted by molar-refractivity contribution is 5.90. The van der Waals surface area contributed by atoms with E-state index in [0.29, 0.717) is 13.0 Å². The van der Waals surface area contributed by atoms with Crippen LogP contribution >= 0.6 is 0 Å². The normalized spacial score (nSPS) is 21.6. The highest BCUT2D eigenvalue weighted by Crippen LogP contribution is 2.37. The van der Waals surface area contributed by atoms with Gasteiger partial charge in [0, 0.05) is 18.7 Å². The molecule has 2 N–H and O–H groups in total. The lowest BCUT2D eigenvalue weighted by Gasteiger charge is -2.27. The molecule has 7 nitrogen and oxygen atoms in total. The monoisotopic (exact) mass is 298 g/mol. The van der Waals surface area contributed by atoms with E-state index >= 15 is 0 Å². The number of halogens is 1. The van der Waals surface area contributed by atoms with Gasteiger partial charge in [0.25, 0.3) is 5.69 Å². The molecule has 1 saturated heterocycles. The first-order chi connectivity index (χ1) is 9.86. The molecule has 0 spiro atoms. The Morgan fingerprint density at radius 3 is 2.76 bits per heavy atom. The summed E-state index contributed by atoms with van der Waals surface area (Å²) in [4.78, 5) is 22.9. The van der Waals surface area contributed by atoms with E-state index in [1.165, 1.54) is 0 Å². The summed E-state index contributed by atoms with van der Waals surface area (Å²) in [5.41, 5.74) is -1.20. The number of aromatic carboxylic acids is 1. The third-order valence-electron chi connectivity index (χ3n) is 3.87. The molecule has 2 rings (SSSR count). The van der Waals surface area contributed by atoms with Crippen LogP contribution in [0.5, 0.6) is 0 Å². The van der Waals surface area contributed by atoms with Gasteiger partial charge in [-0.2, -0.15) is 0 Å². The number of carboxylic acid groups (broad SMARTS) is 1. The highest BCUT2D eigenvalue weighted by Gasteiger charge is 2.35. The van der Waals surface area contributed by atoms with E-state index in [1.54, 1.807) is 4.90 Å². The average molecular weight is 298 g/mol. The second-order valence-electron chi connectivity index (χ2n) is 5.09. The van der Waals surface area contributed by atoms with Gasteiger partial charge in [0.2, 0.25) is 0 Å². The van der Waals surface area contributed by atoms with Crippen molar-refractivity contribution in [1.29, 1.82) is 0 Å². The fraction of sp³-hybridized carbons (Fsp3) is 0.462. The van der Waals surface area contributed by atoms with Gasteiger partial charge in [0.05, 0.1) is 17.6 Å². The summed E-state index contributed by atoms with van der Waals surface area (Å²) in [5, 5.41) is 29.4. The van der Waals surface area contributed by atoms with E-state index in [9.17, 15) is 24.4 Å². The van der Waals surface area contributed by atoms with Gasteiger partial charge in [-0.3, -0.25) is 10.1 Å². The molecule has 8 heteroatoms. The zero-order chi connectivity index (χ0) is 15.7. The van der Waals surface area contributed by atoms with Gasteiger partial charge in [-0.1, -0.05) is 6.92 Å². The van der Waals surface area contributed by atoms with Crippen molar-refractivity contribution in [3.05, 3.63) is 33.6 Å². The summed E-state index contributed by atoms with van der Waals surface area (Å²) < 4.78 is 13.8. The Balaban J connectivity index is 2.55. The number of aliphatic hydroxyl groups excluding tert-OH is 1. The minimum Gasteiger partial charge on any atom is -0.478 e. The molecule has 2 unspecified atom stereocenters. The summed E-state index contributed by atoms with van der Waals surface area (Å²) in [6, 6.07) is 1.24. The number of hydrogen-bond acceptors (Lipinski definition) is 5. The van der Waals surface area contributed by atoms with Gasteiger partial charge in [-0.05, 0) is 12.3 Å². The zero-order valence-electron chi connectivity index (χ0n) is 11.3. The molecule has 114 valence electrons. The van der Waals surface area contributed by atoms with E-state index in [-0.39, 0.29) is 24.3 Å². The third kappa shape index (κ3) is 2.66. The average Bonchev–Trinajstić information content (AvgIpc) is 2.78. The van der Waals surface area contributed by atoms with E-state index in [1.807, 2.05) is 6.92 Å². The van der Waals surface area contributed by atoms with E-state index in [4.69, 9.17) is 5.11 Å². The number of carbonyl (C=O) groups is 1. The largest absolute Gasteiger partial charge is 0.478 e. The second kappa shape index (κ2) is 5.65. The molecule has 21 heavy (non-hydrogen) atoms. The fourth-order valence-corrected chi connectivity index (χ4v) is 2.68. The second-order valence-corrected chi connectivity index (χ2v) is 5.09. The van der Waals surface area contributed by atoms with Gasteiger partial charge in [0.1, 0.15) is 17.1 Å². The topological polar surface area (TPSA) is 104 Å². The molecule has 0 aromatic heterocycles. The van der Waals surface area contributed by atoms with Crippen molar-refractivity contribution < 1.29 is 24.3 Å². The van der Waals surface area contributed by atoms with Gasteiger partial charge in [-0.15, -0.1) is 0 Å². The van der Waals surface area contributed by atoms with Crippen LogP contribution in [0.2, 0.25) is 0 Å². The lowest BCUT2D eigenvalue weighted by molar-refractivity contribution is -0.384. The molecule has 0 radical (unpaired) electrons. The molecule has 1 aromatic carbocycles. The van der Waals surface area contributed by atoms with Crippen LogP contribution in [0.4, 0.5) is 15.8 Å². The standard InChI is InChI=1S/C13H15FN2O5/c1-7-2-3-15(12(7)6-17)10-5-9(14)8(13(18)19)4-11(10)16(20)21/h4-5,7,12,17H,2-3,6H2,1H3,(H,18,19). The molecule has 0 saturated carbocycles. The van der Waals surface area contributed by atoms with Crippen LogP contribution in [0, 0.1) is 21.8 Å². The first kappa shape index (κ1) is 15.2. The number of nitro benzene ring substituents is 1. The molecule has 1 heterocycles. The highest BCUT2D eigenvalue weighted by atomic mass is 19.1. The van der Waals surface area contributed by atoms with Crippen LogP contribution in [-0.4, -0.2) is 40.3 Å². The van der Waals surface area contributed by atoms with Crippen LogP contribution in [-0.2, 0) is 0 Å². The number of hydrogen-bond donors (Lipinski definition) is 2. The Bertz CT molecular complexity index is 592. The minimum absolute atomic E-state index is 0.00546. The molecule has 0 aliphatic carbocycles. The van der Waals surface area contributed by atoms with E-state index in [0.717, 1.165) is 12.1 Å². The predicted molar refractivity (Wildman–Crippen MR) is 72.0 cm³/mol. The molecule has 2 atom stereocenters. The molecular weight excluding hydrogens is 283 g/mol.